The summed E-state index contributed by atoms with van der Waals surface area (Å²) in [5.41, 5.74) is 3.60. The van der Waals surface area contributed by atoms with Crippen LogP contribution < -0.4 is 10.6 Å². The zero-order valence-electron chi connectivity index (χ0n) is 14.5. The van der Waals surface area contributed by atoms with Crippen molar-refractivity contribution in [2.75, 3.05) is 5.32 Å². The summed E-state index contributed by atoms with van der Waals surface area (Å²) >= 11 is 5.11. The first-order valence-electron chi connectivity index (χ1n) is 8.33. The fourth-order valence-electron chi connectivity index (χ4n) is 2.47. The van der Waals surface area contributed by atoms with Crippen LogP contribution in [0, 0.1) is 0 Å². The fourth-order valence-corrected chi connectivity index (χ4v) is 2.70. The first-order chi connectivity index (χ1) is 12.5. The third-order valence-corrected chi connectivity index (χ3v) is 4.12. The third kappa shape index (κ3) is 3.83. The van der Waals surface area contributed by atoms with Gasteiger partial charge < -0.3 is 20.2 Å². The van der Waals surface area contributed by atoms with Gasteiger partial charge in [-0.1, -0.05) is 19.9 Å². The highest BCUT2D eigenvalue weighted by Gasteiger charge is 2.14. The number of rotatable bonds is 4. The monoisotopic (exact) mass is 369 g/mol. The average Bonchev–Trinajstić information content (AvgIpc) is 3.05. The number of aromatic nitrogens is 1. The van der Waals surface area contributed by atoms with Gasteiger partial charge in [-0.05, 0) is 54.5 Å². The van der Waals surface area contributed by atoms with Crippen molar-refractivity contribution >= 4 is 40.0 Å². The van der Waals surface area contributed by atoms with E-state index in [0.717, 1.165) is 17.5 Å². The quantitative estimate of drug-likeness (QED) is 0.476. The number of thiocarbonyl (C=S) groups is 1. The smallest absolute Gasteiger partial charge is 0.231 e. The molecule has 0 saturated heterocycles. The second kappa shape index (κ2) is 7.53. The van der Waals surface area contributed by atoms with Gasteiger partial charge in [0, 0.05) is 12.1 Å². The van der Waals surface area contributed by atoms with E-state index in [4.69, 9.17) is 16.6 Å². The van der Waals surface area contributed by atoms with E-state index in [1.165, 1.54) is 6.07 Å². The van der Waals surface area contributed by atoms with Crippen LogP contribution in [-0.2, 0) is 11.2 Å². The van der Waals surface area contributed by atoms with E-state index < -0.39 is 0 Å². The molecule has 3 N–H and O–H groups in total. The molecule has 0 bridgehead atoms. The van der Waals surface area contributed by atoms with Gasteiger partial charge in [0.25, 0.3) is 0 Å². The molecule has 0 spiro atoms. The number of amides is 1. The Labute approximate surface area is 156 Å². The molecule has 3 rings (SSSR count). The molecule has 1 aromatic heterocycles. The van der Waals surface area contributed by atoms with E-state index in [-0.39, 0.29) is 16.8 Å². The number of hydrogen-bond donors (Lipinski definition) is 3. The van der Waals surface area contributed by atoms with Gasteiger partial charge in [-0.3, -0.25) is 4.79 Å². The minimum Gasteiger partial charge on any atom is -0.507 e. The highest BCUT2D eigenvalue weighted by Crippen LogP contribution is 2.33. The Morgan fingerprint density at radius 2 is 2.04 bits per heavy atom. The van der Waals surface area contributed by atoms with Gasteiger partial charge in [-0.25, -0.2) is 4.98 Å². The van der Waals surface area contributed by atoms with Crippen molar-refractivity contribution in [3.8, 4) is 17.2 Å². The highest BCUT2D eigenvalue weighted by atomic mass is 32.1. The lowest BCUT2D eigenvalue weighted by atomic mass is 10.1. The SMILES string of the molecule is CCC(=O)NC(=S)Nc1ccc(O)c(-c2nc3cc(CC)ccc3o2)c1. The minimum atomic E-state index is -0.174. The Bertz CT molecular complexity index is 981. The molecule has 0 saturated carbocycles. The molecule has 3 aromatic rings. The molecule has 0 aliphatic carbocycles. The summed E-state index contributed by atoms with van der Waals surface area (Å²) in [5.74, 6) is 0.187. The lowest BCUT2D eigenvalue weighted by molar-refractivity contribution is -0.119. The van der Waals surface area contributed by atoms with Gasteiger partial charge in [0.2, 0.25) is 11.8 Å². The molecule has 26 heavy (non-hydrogen) atoms. The van der Waals surface area contributed by atoms with Crippen molar-refractivity contribution in [3.05, 3.63) is 42.0 Å². The molecule has 1 heterocycles. The zero-order valence-corrected chi connectivity index (χ0v) is 15.3. The van der Waals surface area contributed by atoms with Crippen molar-refractivity contribution in [2.24, 2.45) is 0 Å². The van der Waals surface area contributed by atoms with Crippen LogP contribution in [0.1, 0.15) is 25.8 Å². The Hall–Kier alpha value is -2.93. The number of carbonyl (C=O) groups excluding carboxylic acids is 1. The van der Waals surface area contributed by atoms with Crippen molar-refractivity contribution < 1.29 is 14.3 Å². The van der Waals surface area contributed by atoms with Crippen LogP contribution in [0.5, 0.6) is 5.75 Å². The van der Waals surface area contributed by atoms with E-state index in [1.54, 1.807) is 19.1 Å². The Morgan fingerprint density at radius 1 is 1.23 bits per heavy atom. The lowest BCUT2D eigenvalue weighted by Gasteiger charge is -2.10. The number of phenols is 1. The molecular formula is C19H19N3O3S. The summed E-state index contributed by atoms with van der Waals surface area (Å²) in [5, 5.41) is 15.9. The summed E-state index contributed by atoms with van der Waals surface area (Å²) < 4.78 is 5.77. The summed E-state index contributed by atoms with van der Waals surface area (Å²) in [6.45, 7) is 3.82. The molecule has 0 aliphatic rings. The largest absolute Gasteiger partial charge is 0.507 e. The molecule has 6 nitrogen and oxygen atoms in total. The predicted molar refractivity (Wildman–Crippen MR) is 105 cm³/mol. The lowest BCUT2D eigenvalue weighted by Crippen LogP contribution is -2.33. The van der Waals surface area contributed by atoms with Crippen molar-refractivity contribution in [3.63, 3.8) is 0 Å². The Balaban J connectivity index is 1.90. The average molecular weight is 369 g/mol. The minimum absolute atomic E-state index is 0.0429. The standard InChI is InChI=1S/C19H19N3O3S/c1-3-11-5-8-16-14(9-11)21-18(25-16)13-10-12(6-7-15(13)23)20-19(26)22-17(24)4-2/h5-10,23H,3-4H2,1-2H3,(H2,20,22,24,26). The molecule has 0 radical (unpaired) electrons. The van der Waals surface area contributed by atoms with Crippen molar-refractivity contribution in [1.29, 1.82) is 0 Å². The number of phenolic OH excluding ortho intramolecular Hbond substituents is 1. The summed E-state index contributed by atoms with van der Waals surface area (Å²) in [6.07, 6.45) is 1.25. The van der Waals surface area contributed by atoms with Crippen LogP contribution in [0.15, 0.2) is 40.8 Å². The molecule has 2 aromatic carbocycles. The van der Waals surface area contributed by atoms with E-state index in [9.17, 15) is 9.90 Å². The van der Waals surface area contributed by atoms with E-state index >= 15 is 0 Å². The molecule has 0 aliphatic heterocycles. The third-order valence-electron chi connectivity index (χ3n) is 3.92. The molecule has 0 fully saturated rings. The van der Waals surface area contributed by atoms with Gasteiger partial charge in [-0.15, -0.1) is 0 Å². The van der Waals surface area contributed by atoms with Crippen LogP contribution in [-0.4, -0.2) is 21.1 Å². The molecule has 0 atom stereocenters. The highest BCUT2D eigenvalue weighted by molar-refractivity contribution is 7.80. The van der Waals surface area contributed by atoms with Gasteiger partial charge in [0.05, 0.1) is 5.56 Å². The molecule has 7 heteroatoms. The topological polar surface area (TPSA) is 87.4 Å². The number of benzene rings is 2. The number of fused-ring (bicyclic) bond motifs is 1. The summed E-state index contributed by atoms with van der Waals surface area (Å²) in [6, 6.07) is 10.7. The van der Waals surface area contributed by atoms with Gasteiger partial charge in [0.1, 0.15) is 11.3 Å². The van der Waals surface area contributed by atoms with Crippen LogP contribution in [0.2, 0.25) is 0 Å². The Morgan fingerprint density at radius 3 is 2.77 bits per heavy atom. The molecule has 1 amide bonds. The van der Waals surface area contributed by atoms with Gasteiger partial charge >= 0.3 is 0 Å². The number of oxazole rings is 1. The number of aryl methyl sites for hydroxylation is 1. The summed E-state index contributed by atoms with van der Waals surface area (Å²) in [4.78, 5) is 15.9. The number of anilines is 1. The second-order valence-corrected chi connectivity index (χ2v) is 6.17. The second-order valence-electron chi connectivity index (χ2n) is 5.76. The summed E-state index contributed by atoms with van der Waals surface area (Å²) in [7, 11) is 0. The predicted octanol–water partition coefficient (Wildman–Crippen LogP) is 3.99. The first-order valence-corrected chi connectivity index (χ1v) is 8.74. The number of nitrogens with zero attached hydrogens (tertiary/aromatic N) is 1. The van der Waals surface area contributed by atoms with Crippen LogP contribution in [0.25, 0.3) is 22.6 Å². The number of aromatic hydroxyl groups is 1. The van der Waals surface area contributed by atoms with Crippen molar-refractivity contribution in [2.45, 2.75) is 26.7 Å². The van der Waals surface area contributed by atoms with Crippen LogP contribution in [0.3, 0.4) is 0 Å². The van der Waals surface area contributed by atoms with E-state index in [0.29, 0.717) is 29.1 Å². The maximum atomic E-state index is 11.4. The maximum Gasteiger partial charge on any atom is 0.231 e. The normalized spacial score (nSPS) is 10.7. The Kier molecular flexibility index (Phi) is 5.18. The van der Waals surface area contributed by atoms with Crippen LogP contribution >= 0.6 is 12.2 Å². The fraction of sp³-hybridized carbons (Fsp3) is 0.211. The molecule has 134 valence electrons. The maximum absolute atomic E-state index is 11.4. The van der Waals surface area contributed by atoms with Crippen LogP contribution in [0.4, 0.5) is 5.69 Å². The first kappa shape index (κ1) is 17.9. The van der Waals surface area contributed by atoms with Crippen molar-refractivity contribution in [1.82, 2.24) is 10.3 Å². The number of hydrogen-bond acceptors (Lipinski definition) is 5. The number of nitrogens with one attached hydrogen (secondary N) is 2. The van der Waals surface area contributed by atoms with E-state index in [2.05, 4.69) is 22.5 Å². The number of carbonyl (C=O) groups is 1. The van der Waals surface area contributed by atoms with Gasteiger partial charge in [-0.2, -0.15) is 0 Å². The molecular weight excluding hydrogens is 350 g/mol. The zero-order chi connectivity index (χ0) is 18.7. The van der Waals surface area contributed by atoms with Gasteiger partial charge in [0.15, 0.2) is 10.7 Å². The molecule has 0 unspecified atom stereocenters. The van der Waals surface area contributed by atoms with E-state index in [1.807, 2.05) is 18.2 Å².